The molecule has 0 saturated heterocycles. The monoisotopic (exact) mass is 212 g/mol. The van der Waals surface area contributed by atoms with Crippen LogP contribution < -0.4 is 0 Å². The summed E-state index contributed by atoms with van der Waals surface area (Å²) in [4.78, 5) is 15.1. The maximum absolute atomic E-state index is 8.00. The SMILES string of the molecule is C=O.Clc1cc(Cl)nc(Cl)n1. The third kappa shape index (κ3) is 4.14. The quantitative estimate of drug-likeness (QED) is 0.490. The molecule has 0 saturated carbocycles. The van der Waals surface area contributed by atoms with Crippen LogP contribution in [-0.4, -0.2) is 16.8 Å². The molecule has 0 radical (unpaired) electrons. The molecule has 6 heteroatoms. The molecular formula is C5H3Cl3N2O. The Morgan fingerprint density at radius 1 is 1.09 bits per heavy atom. The average molecular weight is 213 g/mol. The molecule has 0 aliphatic rings. The second-order valence-corrected chi connectivity index (χ2v) is 2.39. The molecule has 0 bridgehead atoms. The fourth-order valence-electron chi connectivity index (χ4n) is 0.364. The van der Waals surface area contributed by atoms with Crippen molar-refractivity contribution >= 4 is 41.6 Å². The Bertz CT molecular complexity index is 193. The summed E-state index contributed by atoms with van der Waals surface area (Å²) in [6, 6.07) is 1.41. The Kier molecular flexibility index (Phi) is 5.11. The van der Waals surface area contributed by atoms with Crippen LogP contribution in [0.4, 0.5) is 0 Å². The van der Waals surface area contributed by atoms with Gasteiger partial charge in [-0.1, -0.05) is 23.2 Å². The molecule has 60 valence electrons. The molecule has 0 aliphatic carbocycles. The zero-order valence-electron chi connectivity index (χ0n) is 5.22. The van der Waals surface area contributed by atoms with Crippen LogP contribution >= 0.6 is 34.8 Å². The summed E-state index contributed by atoms with van der Waals surface area (Å²) in [5.41, 5.74) is 0. The first-order chi connectivity index (χ1) is 5.18. The van der Waals surface area contributed by atoms with Crippen LogP contribution in [0.25, 0.3) is 0 Å². The van der Waals surface area contributed by atoms with Crippen LogP contribution in [0.15, 0.2) is 6.07 Å². The van der Waals surface area contributed by atoms with E-state index in [-0.39, 0.29) is 15.6 Å². The predicted octanol–water partition coefficient (Wildman–Crippen LogP) is 2.25. The van der Waals surface area contributed by atoms with Crippen molar-refractivity contribution in [3.8, 4) is 0 Å². The average Bonchev–Trinajstić information content (AvgIpc) is 1.88. The second kappa shape index (κ2) is 5.29. The van der Waals surface area contributed by atoms with Gasteiger partial charge in [-0.05, 0) is 11.6 Å². The highest BCUT2D eigenvalue weighted by molar-refractivity contribution is 6.35. The van der Waals surface area contributed by atoms with Crippen molar-refractivity contribution in [3.63, 3.8) is 0 Å². The molecule has 3 nitrogen and oxygen atoms in total. The number of hydrogen-bond acceptors (Lipinski definition) is 3. The molecule has 0 amide bonds. The van der Waals surface area contributed by atoms with E-state index < -0.39 is 0 Å². The van der Waals surface area contributed by atoms with E-state index in [9.17, 15) is 0 Å². The van der Waals surface area contributed by atoms with Crippen molar-refractivity contribution in [1.29, 1.82) is 0 Å². The van der Waals surface area contributed by atoms with Gasteiger partial charge in [0.15, 0.2) is 0 Å². The summed E-state index contributed by atoms with van der Waals surface area (Å²) >= 11 is 16.2. The number of nitrogens with zero attached hydrogens (tertiary/aromatic N) is 2. The van der Waals surface area contributed by atoms with E-state index in [1.807, 2.05) is 6.79 Å². The lowest BCUT2D eigenvalue weighted by Crippen LogP contribution is -1.81. The Balaban J connectivity index is 0.000000461. The maximum Gasteiger partial charge on any atom is 0.225 e. The number of carbonyl (C=O) groups excluding carboxylic acids is 1. The van der Waals surface area contributed by atoms with Crippen LogP contribution in [0.3, 0.4) is 0 Å². The van der Waals surface area contributed by atoms with Crippen LogP contribution in [0.5, 0.6) is 0 Å². The summed E-state index contributed by atoms with van der Waals surface area (Å²) in [6.07, 6.45) is 0. The van der Waals surface area contributed by atoms with Gasteiger partial charge in [0.25, 0.3) is 0 Å². The Morgan fingerprint density at radius 2 is 1.45 bits per heavy atom. The van der Waals surface area contributed by atoms with E-state index >= 15 is 0 Å². The van der Waals surface area contributed by atoms with Gasteiger partial charge in [-0.2, -0.15) is 0 Å². The summed E-state index contributed by atoms with van der Waals surface area (Å²) < 4.78 is 0. The summed E-state index contributed by atoms with van der Waals surface area (Å²) in [5, 5.41) is 0.563. The lowest BCUT2D eigenvalue weighted by molar-refractivity contribution is -0.0979. The van der Waals surface area contributed by atoms with Gasteiger partial charge < -0.3 is 4.79 Å². The van der Waals surface area contributed by atoms with Gasteiger partial charge in [-0.15, -0.1) is 0 Å². The number of hydrogen-bond donors (Lipinski definition) is 0. The largest absolute Gasteiger partial charge is 0.307 e. The summed E-state index contributed by atoms with van der Waals surface area (Å²) in [6.45, 7) is 2.00. The molecule has 0 unspecified atom stereocenters. The van der Waals surface area contributed by atoms with Crippen LogP contribution in [-0.2, 0) is 4.79 Å². The van der Waals surface area contributed by atoms with Crippen molar-refractivity contribution in [1.82, 2.24) is 9.97 Å². The zero-order chi connectivity index (χ0) is 8.85. The minimum atomic E-state index is 0.0625. The van der Waals surface area contributed by atoms with E-state index in [0.717, 1.165) is 0 Å². The van der Waals surface area contributed by atoms with Gasteiger partial charge >= 0.3 is 0 Å². The van der Waals surface area contributed by atoms with Gasteiger partial charge in [-0.3, -0.25) is 0 Å². The zero-order valence-corrected chi connectivity index (χ0v) is 7.49. The van der Waals surface area contributed by atoms with E-state index in [1.54, 1.807) is 0 Å². The van der Waals surface area contributed by atoms with Gasteiger partial charge in [0.05, 0.1) is 0 Å². The predicted molar refractivity (Wildman–Crippen MR) is 44.2 cm³/mol. The topological polar surface area (TPSA) is 42.9 Å². The number of rotatable bonds is 0. The van der Waals surface area contributed by atoms with E-state index in [2.05, 4.69) is 9.97 Å². The summed E-state index contributed by atoms with van der Waals surface area (Å²) in [5.74, 6) is 0. The molecule has 0 fully saturated rings. The minimum Gasteiger partial charge on any atom is -0.307 e. The van der Waals surface area contributed by atoms with Crippen molar-refractivity contribution in [2.45, 2.75) is 0 Å². The third-order valence-electron chi connectivity index (χ3n) is 0.636. The highest BCUT2D eigenvalue weighted by Gasteiger charge is 1.95. The molecule has 0 aromatic carbocycles. The van der Waals surface area contributed by atoms with Crippen LogP contribution in [0, 0.1) is 0 Å². The highest BCUT2D eigenvalue weighted by atomic mass is 35.5. The van der Waals surface area contributed by atoms with Crippen molar-refractivity contribution < 1.29 is 4.79 Å². The van der Waals surface area contributed by atoms with E-state index in [1.165, 1.54) is 6.07 Å². The molecule has 0 spiro atoms. The Morgan fingerprint density at radius 3 is 1.73 bits per heavy atom. The standard InChI is InChI=1S/C4HCl3N2.CH2O/c5-2-1-3(6)9-4(7)8-2;1-2/h1H;1H2. The highest BCUT2D eigenvalue weighted by Crippen LogP contribution is 2.13. The number of halogens is 3. The molecule has 11 heavy (non-hydrogen) atoms. The Hall–Kier alpha value is -0.380. The molecule has 1 heterocycles. The molecule has 0 aliphatic heterocycles. The molecule has 1 aromatic rings. The summed E-state index contributed by atoms with van der Waals surface area (Å²) in [7, 11) is 0. The van der Waals surface area contributed by atoms with E-state index in [4.69, 9.17) is 39.6 Å². The van der Waals surface area contributed by atoms with Crippen molar-refractivity contribution in [3.05, 3.63) is 21.7 Å². The van der Waals surface area contributed by atoms with Gasteiger partial charge in [-0.25, -0.2) is 9.97 Å². The first kappa shape index (κ1) is 10.6. The molecule has 0 N–H and O–H groups in total. The number of carbonyl (C=O) groups is 1. The van der Waals surface area contributed by atoms with Crippen LogP contribution in [0.1, 0.15) is 0 Å². The molecule has 1 aromatic heterocycles. The fourth-order valence-corrected chi connectivity index (χ4v) is 1.06. The lowest BCUT2D eigenvalue weighted by Gasteiger charge is -1.89. The minimum absolute atomic E-state index is 0.0625. The lowest BCUT2D eigenvalue weighted by atomic mass is 10.7. The molecule has 1 rings (SSSR count). The molecule has 0 atom stereocenters. The van der Waals surface area contributed by atoms with E-state index in [0.29, 0.717) is 0 Å². The van der Waals surface area contributed by atoms with Crippen LogP contribution in [0.2, 0.25) is 15.6 Å². The first-order valence-corrected chi connectivity index (χ1v) is 3.46. The normalized spacial score (nSPS) is 8.27. The van der Waals surface area contributed by atoms with Crippen molar-refractivity contribution in [2.75, 3.05) is 0 Å². The van der Waals surface area contributed by atoms with Gasteiger partial charge in [0.2, 0.25) is 5.28 Å². The Labute approximate surface area is 78.3 Å². The third-order valence-corrected chi connectivity index (χ3v) is 1.19. The maximum atomic E-state index is 8.00. The smallest absolute Gasteiger partial charge is 0.225 e. The van der Waals surface area contributed by atoms with Gasteiger partial charge in [0.1, 0.15) is 17.1 Å². The first-order valence-electron chi connectivity index (χ1n) is 2.33. The van der Waals surface area contributed by atoms with Crippen molar-refractivity contribution in [2.24, 2.45) is 0 Å². The van der Waals surface area contributed by atoms with Gasteiger partial charge in [0, 0.05) is 6.07 Å². The second-order valence-electron chi connectivity index (χ2n) is 1.28. The number of aromatic nitrogens is 2. The fraction of sp³-hybridized carbons (Fsp3) is 0. The molecular weight excluding hydrogens is 210 g/mol.